The van der Waals surface area contributed by atoms with Gasteiger partial charge in [-0.3, -0.25) is 4.79 Å². The first kappa shape index (κ1) is 19.2. The van der Waals surface area contributed by atoms with Gasteiger partial charge in [0.25, 0.3) is 0 Å². The van der Waals surface area contributed by atoms with Crippen LogP contribution in [0.2, 0.25) is 0 Å². The van der Waals surface area contributed by atoms with Crippen molar-refractivity contribution in [2.24, 2.45) is 11.8 Å². The Labute approximate surface area is 163 Å². The zero-order valence-electron chi connectivity index (χ0n) is 15.5. The van der Waals surface area contributed by atoms with E-state index in [9.17, 15) is 4.79 Å². The summed E-state index contributed by atoms with van der Waals surface area (Å²) >= 11 is 2.92. The van der Waals surface area contributed by atoms with Crippen molar-refractivity contribution in [1.82, 2.24) is 15.5 Å². The van der Waals surface area contributed by atoms with Crippen LogP contribution >= 0.6 is 23.1 Å². The average molecular weight is 391 g/mol. The minimum Gasteiger partial charge on any atom is -0.352 e. The van der Waals surface area contributed by atoms with E-state index in [-0.39, 0.29) is 5.91 Å². The molecule has 140 valence electrons. The van der Waals surface area contributed by atoms with Crippen LogP contribution in [-0.2, 0) is 4.79 Å². The number of nitrogens with one attached hydrogen (secondary N) is 2. The molecule has 0 unspecified atom stereocenters. The molecule has 0 radical (unpaired) electrons. The van der Waals surface area contributed by atoms with Crippen molar-refractivity contribution in [3.8, 4) is 0 Å². The molecule has 7 heteroatoms. The van der Waals surface area contributed by atoms with Crippen LogP contribution in [0.5, 0.6) is 0 Å². The molecule has 1 saturated carbocycles. The van der Waals surface area contributed by atoms with E-state index in [0.717, 1.165) is 27.1 Å². The Bertz CT molecular complexity index is 749. The fraction of sp³-hybridized carbons (Fsp3) is 0.526. The first-order valence-electron chi connectivity index (χ1n) is 9.11. The van der Waals surface area contributed by atoms with Gasteiger partial charge in [-0.05, 0) is 36.8 Å². The minimum atomic E-state index is 0.0876. The van der Waals surface area contributed by atoms with E-state index < -0.39 is 0 Å². The number of nitrogens with zero attached hydrogens (tertiary/aromatic N) is 2. The third kappa shape index (κ3) is 4.98. The summed E-state index contributed by atoms with van der Waals surface area (Å²) in [5.74, 6) is 1.70. The van der Waals surface area contributed by atoms with Gasteiger partial charge < -0.3 is 10.6 Å². The number of amides is 1. The van der Waals surface area contributed by atoms with Gasteiger partial charge in [0.05, 0.1) is 5.75 Å². The number of carbonyl (C=O) groups excluding carboxylic acids is 1. The highest BCUT2D eigenvalue weighted by atomic mass is 32.2. The Hall–Kier alpha value is -1.60. The fourth-order valence-corrected chi connectivity index (χ4v) is 4.88. The van der Waals surface area contributed by atoms with Crippen LogP contribution in [0.25, 0.3) is 0 Å². The zero-order chi connectivity index (χ0) is 18.5. The molecule has 0 saturated heterocycles. The fourth-order valence-electron chi connectivity index (χ4n) is 3.31. The van der Waals surface area contributed by atoms with E-state index in [1.807, 2.05) is 18.2 Å². The van der Waals surface area contributed by atoms with Crippen LogP contribution in [-0.4, -0.2) is 27.9 Å². The molecule has 2 N–H and O–H groups in total. The van der Waals surface area contributed by atoms with Gasteiger partial charge in [0, 0.05) is 11.7 Å². The number of aryl methyl sites for hydroxylation is 1. The predicted molar refractivity (Wildman–Crippen MR) is 109 cm³/mol. The smallest absolute Gasteiger partial charge is 0.230 e. The molecular formula is C19H26N4OS2. The number of aromatic nitrogens is 2. The number of hydrogen-bond donors (Lipinski definition) is 2. The lowest BCUT2D eigenvalue weighted by Crippen LogP contribution is -2.44. The van der Waals surface area contributed by atoms with Crippen molar-refractivity contribution in [1.29, 1.82) is 0 Å². The molecule has 0 spiro atoms. The van der Waals surface area contributed by atoms with Gasteiger partial charge in [-0.2, -0.15) is 0 Å². The van der Waals surface area contributed by atoms with Gasteiger partial charge in [-0.25, -0.2) is 0 Å². The van der Waals surface area contributed by atoms with Crippen molar-refractivity contribution in [3.63, 3.8) is 0 Å². The number of rotatable bonds is 6. The van der Waals surface area contributed by atoms with Crippen molar-refractivity contribution in [2.45, 2.75) is 50.4 Å². The van der Waals surface area contributed by atoms with Gasteiger partial charge in [0.1, 0.15) is 0 Å². The first-order valence-corrected chi connectivity index (χ1v) is 10.9. The predicted octanol–water partition coefficient (Wildman–Crippen LogP) is 4.62. The molecular weight excluding hydrogens is 364 g/mol. The Morgan fingerprint density at radius 2 is 2.08 bits per heavy atom. The number of carbonyl (C=O) groups is 1. The van der Waals surface area contributed by atoms with E-state index in [1.54, 1.807) is 0 Å². The molecule has 1 aliphatic carbocycles. The monoisotopic (exact) mass is 390 g/mol. The highest BCUT2D eigenvalue weighted by molar-refractivity contribution is 8.01. The molecule has 3 rings (SSSR count). The zero-order valence-corrected chi connectivity index (χ0v) is 17.1. The number of para-hydroxylation sites is 1. The van der Waals surface area contributed by atoms with Crippen LogP contribution < -0.4 is 10.6 Å². The minimum absolute atomic E-state index is 0.0876. The summed E-state index contributed by atoms with van der Waals surface area (Å²) in [6, 6.07) is 8.37. The highest BCUT2D eigenvalue weighted by Crippen LogP contribution is 2.31. The van der Waals surface area contributed by atoms with Gasteiger partial charge in [-0.1, -0.05) is 68.0 Å². The third-order valence-electron chi connectivity index (χ3n) is 5.17. The molecule has 5 nitrogen and oxygen atoms in total. The molecule has 1 amide bonds. The van der Waals surface area contributed by atoms with E-state index in [2.05, 4.69) is 47.7 Å². The standard InChI is InChI=1S/C19H26N4OS2/c1-12-8-6-10-16(14(12)3)20-17(24)11-25-19-23-22-18(26-19)21-15-9-5-4-7-13(15)2/h4-5,7,9,12,14,16H,6,8,10-11H2,1-3H3,(H,20,24)(H,21,22)/t12-,14+,16-/m0/s1. The summed E-state index contributed by atoms with van der Waals surface area (Å²) in [6.45, 7) is 6.58. The normalized spacial score (nSPS) is 22.8. The second-order valence-electron chi connectivity index (χ2n) is 7.04. The van der Waals surface area contributed by atoms with Crippen LogP contribution in [0.1, 0.15) is 38.7 Å². The van der Waals surface area contributed by atoms with Crippen LogP contribution in [0.15, 0.2) is 28.6 Å². The number of anilines is 2. The molecule has 1 heterocycles. The van der Waals surface area contributed by atoms with Crippen LogP contribution in [0, 0.1) is 18.8 Å². The number of thioether (sulfide) groups is 1. The Kier molecular flexibility index (Phi) is 6.53. The topological polar surface area (TPSA) is 66.9 Å². The van der Waals surface area contributed by atoms with Crippen LogP contribution in [0.4, 0.5) is 10.8 Å². The Morgan fingerprint density at radius 3 is 2.88 bits per heavy atom. The number of benzene rings is 1. The van der Waals surface area contributed by atoms with Crippen molar-refractivity contribution >= 4 is 39.8 Å². The summed E-state index contributed by atoms with van der Waals surface area (Å²) in [5, 5.41) is 15.6. The van der Waals surface area contributed by atoms with Gasteiger partial charge in [-0.15, -0.1) is 10.2 Å². The van der Waals surface area contributed by atoms with Crippen molar-refractivity contribution in [3.05, 3.63) is 29.8 Å². The molecule has 1 aromatic carbocycles. The molecule has 1 fully saturated rings. The third-order valence-corrected chi connectivity index (χ3v) is 7.15. The van der Waals surface area contributed by atoms with Crippen LogP contribution in [0.3, 0.4) is 0 Å². The maximum Gasteiger partial charge on any atom is 0.230 e. The second-order valence-corrected chi connectivity index (χ2v) is 9.24. The SMILES string of the molecule is Cc1ccccc1Nc1nnc(SCC(=O)N[C@H]2CCC[C@H](C)[C@H]2C)s1. The molecule has 1 aliphatic rings. The molecule has 0 aliphatic heterocycles. The van der Waals surface area contributed by atoms with Gasteiger partial charge in [0.2, 0.25) is 11.0 Å². The summed E-state index contributed by atoms with van der Waals surface area (Å²) < 4.78 is 0.807. The lowest BCUT2D eigenvalue weighted by molar-refractivity contribution is -0.119. The summed E-state index contributed by atoms with van der Waals surface area (Å²) in [6.07, 6.45) is 3.56. The summed E-state index contributed by atoms with van der Waals surface area (Å²) in [4.78, 5) is 12.3. The maximum atomic E-state index is 12.3. The van der Waals surface area contributed by atoms with E-state index >= 15 is 0 Å². The average Bonchev–Trinajstić information content (AvgIpc) is 3.07. The molecule has 2 aromatic rings. The molecule has 3 atom stereocenters. The lowest BCUT2D eigenvalue weighted by atomic mass is 9.78. The lowest BCUT2D eigenvalue weighted by Gasteiger charge is -2.34. The summed E-state index contributed by atoms with van der Waals surface area (Å²) in [5.41, 5.74) is 2.19. The van der Waals surface area contributed by atoms with Gasteiger partial charge >= 0.3 is 0 Å². The van der Waals surface area contributed by atoms with Gasteiger partial charge in [0.15, 0.2) is 4.34 Å². The highest BCUT2D eigenvalue weighted by Gasteiger charge is 2.28. The largest absolute Gasteiger partial charge is 0.352 e. The van der Waals surface area contributed by atoms with Crippen molar-refractivity contribution < 1.29 is 4.79 Å². The Morgan fingerprint density at radius 1 is 1.27 bits per heavy atom. The van der Waals surface area contributed by atoms with E-state index in [0.29, 0.717) is 23.6 Å². The maximum absolute atomic E-state index is 12.3. The van der Waals surface area contributed by atoms with E-state index in [4.69, 9.17) is 0 Å². The second kappa shape index (κ2) is 8.86. The molecule has 1 aromatic heterocycles. The summed E-state index contributed by atoms with van der Waals surface area (Å²) in [7, 11) is 0. The first-order chi connectivity index (χ1) is 12.5. The quantitative estimate of drug-likeness (QED) is 0.704. The number of hydrogen-bond acceptors (Lipinski definition) is 6. The molecule has 26 heavy (non-hydrogen) atoms. The van der Waals surface area contributed by atoms with E-state index in [1.165, 1.54) is 35.9 Å². The Balaban J connectivity index is 1.48. The van der Waals surface area contributed by atoms with Crippen molar-refractivity contribution in [2.75, 3.05) is 11.1 Å². The molecule has 0 bridgehead atoms.